The molecule has 4 aromatic rings. The topological polar surface area (TPSA) is 123 Å². The molecular weight excluding hydrogens is 484 g/mol. The van der Waals surface area contributed by atoms with Crippen LogP contribution in [-0.4, -0.2) is 37.9 Å². The van der Waals surface area contributed by atoms with E-state index in [1.165, 1.54) is 23.1 Å². The monoisotopic (exact) mass is 500 g/mol. The van der Waals surface area contributed by atoms with Gasteiger partial charge >= 0.3 is 0 Å². The Hall–Kier alpha value is -3.28. The van der Waals surface area contributed by atoms with Gasteiger partial charge in [-0.05, 0) is 24.3 Å². The first-order valence-electron chi connectivity index (χ1n) is 9.75. The number of amides is 2. The third-order valence-corrected chi connectivity index (χ3v) is 6.40. The molecule has 168 valence electrons. The fourth-order valence-corrected chi connectivity index (χ4v) is 4.33. The number of benzene rings is 2. The van der Waals surface area contributed by atoms with Crippen molar-refractivity contribution in [3.63, 3.8) is 0 Å². The molecule has 0 aliphatic rings. The fraction of sp³-hybridized carbons (Fsp3) is 0.143. The van der Waals surface area contributed by atoms with Crippen molar-refractivity contribution in [3.8, 4) is 11.4 Å². The maximum Gasteiger partial charge on any atom is 0.234 e. The average Bonchev–Trinajstić information content (AvgIpc) is 3.48. The second-order valence-corrected chi connectivity index (χ2v) is 9.28. The summed E-state index contributed by atoms with van der Waals surface area (Å²) in [5.74, 6) is 0.591. The van der Waals surface area contributed by atoms with E-state index < -0.39 is 0 Å². The largest absolute Gasteiger partial charge is 0.339 e. The molecule has 9 nitrogen and oxygen atoms in total. The van der Waals surface area contributed by atoms with Crippen molar-refractivity contribution >= 4 is 57.3 Å². The number of aromatic nitrogens is 4. The molecule has 0 saturated heterocycles. The number of nitrogens with one attached hydrogen (secondary N) is 2. The van der Waals surface area contributed by atoms with Crippen LogP contribution in [0.3, 0.4) is 0 Å². The smallest absolute Gasteiger partial charge is 0.234 e. The van der Waals surface area contributed by atoms with Crippen molar-refractivity contribution < 1.29 is 14.1 Å². The highest BCUT2D eigenvalue weighted by Crippen LogP contribution is 2.26. The van der Waals surface area contributed by atoms with Crippen molar-refractivity contribution in [1.29, 1.82) is 0 Å². The molecule has 0 unspecified atom stereocenters. The SMILES string of the molecule is O=C(CSc1nnc(NC(=O)CCc2nc(-c3ccccc3)no2)s1)Nc1ccc(Cl)cc1. The zero-order chi connectivity index (χ0) is 23.0. The van der Waals surface area contributed by atoms with Gasteiger partial charge in [-0.15, -0.1) is 10.2 Å². The minimum Gasteiger partial charge on any atom is -0.339 e. The fourth-order valence-electron chi connectivity index (χ4n) is 2.64. The van der Waals surface area contributed by atoms with Crippen LogP contribution in [-0.2, 0) is 16.0 Å². The summed E-state index contributed by atoms with van der Waals surface area (Å²) in [6.45, 7) is 0. The normalized spacial score (nSPS) is 10.7. The third kappa shape index (κ3) is 6.85. The highest BCUT2D eigenvalue weighted by atomic mass is 35.5. The van der Waals surface area contributed by atoms with Gasteiger partial charge in [0.2, 0.25) is 28.7 Å². The van der Waals surface area contributed by atoms with Crippen molar-refractivity contribution in [2.24, 2.45) is 0 Å². The Bertz CT molecular complexity index is 1230. The number of nitrogens with zero attached hydrogens (tertiary/aromatic N) is 4. The van der Waals surface area contributed by atoms with Crippen LogP contribution in [0.15, 0.2) is 63.5 Å². The number of anilines is 2. The molecule has 2 amide bonds. The number of aryl methyl sites for hydroxylation is 1. The predicted octanol–water partition coefficient (Wildman–Crippen LogP) is 4.54. The van der Waals surface area contributed by atoms with Crippen LogP contribution >= 0.6 is 34.7 Å². The van der Waals surface area contributed by atoms with E-state index in [1.807, 2.05) is 30.3 Å². The summed E-state index contributed by atoms with van der Waals surface area (Å²) >= 11 is 8.26. The van der Waals surface area contributed by atoms with Gasteiger partial charge < -0.3 is 15.2 Å². The molecule has 0 atom stereocenters. The van der Waals surface area contributed by atoms with Gasteiger partial charge in [0.1, 0.15) is 0 Å². The lowest BCUT2D eigenvalue weighted by atomic mass is 10.2. The zero-order valence-corrected chi connectivity index (χ0v) is 19.4. The lowest BCUT2D eigenvalue weighted by Gasteiger charge is -2.03. The van der Waals surface area contributed by atoms with Crippen LogP contribution in [0.5, 0.6) is 0 Å². The molecule has 0 aliphatic carbocycles. The number of thioether (sulfide) groups is 1. The summed E-state index contributed by atoms with van der Waals surface area (Å²) in [6.07, 6.45) is 0.457. The molecule has 2 heterocycles. The van der Waals surface area contributed by atoms with Crippen molar-refractivity contribution in [2.45, 2.75) is 17.2 Å². The molecule has 0 radical (unpaired) electrons. The van der Waals surface area contributed by atoms with E-state index >= 15 is 0 Å². The van der Waals surface area contributed by atoms with Gasteiger partial charge in [0.05, 0.1) is 5.75 Å². The summed E-state index contributed by atoms with van der Waals surface area (Å²) in [7, 11) is 0. The van der Waals surface area contributed by atoms with Gasteiger partial charge in [0.25, 0.3) is 0 Å². The Labute approximate surface area is 202 Å². The quantitative estimate of drug-likeness (QED) is 0.253. The average molecular weight is 501 g/mol. The van der Waals surface area contributed by atoms with E-state index in [2.05, 4.69) is 31.0 Å². The van der Waals surface area contributed by atoms with Gasteiger partial charge in [-0.1, -0.05) is 70.2 Å². The van der Waals surface area contributed by atoms with Crippen LogP contribution < -0.4 is 10.6 Å². The van der Waals surface area contributed by atoms with Gasteiger partial charge in [0.15, 0.2) is 4.34 Å². The van der Waals surface area contributed by atoms with Crippen molar-refractivity contribution in [3.05, 3.63) is 65.5 Å². The Morgan fingerprint density at radius 1 is 1.00 bits per heavy atom. The summed E-state index contributed by atoms with van der Waals surface area (Å²) in [6, 6.07) is 16.3. The predicted molar refractivity (Wildman–Crippen MR) is 127 cm³/mol. The second kappa shape index (κ2) is 11.0. The molecule has 0 aliphatic heterocycles. The maximum atomic E-state index is 12.2. The minimum absolute atomic E-state index is 0.155. The molecule has 0 spiro atoms. The van der Waals surface area contributed by atoms with Crippen molar-refractivity contribution in [1.82, 2.24) is 20.3 Å². The molecule has 2 aromatic heterocycles. The Morgan fingerprint density at radius 3 is 2.58 bits per heavy atom. The summed E-state index contributed by atoms with van der Waals surface area (Å²) in [4.78, 5) is 28.6. The number of halogens is 1. The number of carbonyl (C=O) groups excluding carboxylic acids is 2. The van der Waals surface area contributed by atoms with E-state index in [4.69, 9.17) is 16.1 Å². The van der Waals surface area contributed by atoms with Crippen LogP contribution in [0, 0.1) is 0 Å². The summed E-state index contributed by atoms with van der Waals surface area (Å²) < 4.78 is 5.78. The molecular formula is C21H17ClN6O3S2. The van der Waals surface area contributed by atoms with E-state index in [1.54, 1.807) is 24.3 Å². The van der Waals surface area contributed by atoms with Gasteiger partial charge in [-0.25, -0.2) is 0 Å². The Kier molecular flexibility index (Phi) is 7.66. The number of hydrogen-bond donors (Lipinski definition) is 2. The molecule has 12 heteroatoms. The molecule has 0 bridgehead atoms. The van der Waals surface area contributed by atoms with Crippen LogP contribution in [0.4, 0.5) is 10.8 Å². The van der Waals surface area contributed by atoms with E-state index in [0.29, 0.717) is 38.3 Å². The molecule has 33 heavy (non-hydrogen) atoms. The van der Waals surface area contributed by atoms with Crippen LogP contribution in [0.25, 0.3) is 11.4 Å². The van der Waals surface area contributed by atoms with Gasteiger partial charge in [-0.2, -0.15) is 4.98 Å². The number of hydrogen-bond acceptors (Lipinski definition) is 9. The number of rotatable bonds is 9. The minimum atomic E-state index is -0.248. The van der Waals surface area contributed by atoms with Gasteiger partial charge in [-0.3, -0.25) is 9.59 Å². The molecule has 0 saturated carbocycles. The third-order valence-electron chi connectivity index (χ3n) is 4.17. The zero-order valence-electron chi connectivity index (χ0n) is 17.0. The molecule has 2 aromatic carbocycles. The van der Waals surface area contributed by atoms with E-state index in [-0.39, 0.29) is 24.0 Å². The second-order valence-electron chi connectivity index (χ2n) is 6.64. The van der Waals surface area contributed by atoms with Crippen LogP contribution in [0.2, 0.25) is 5.02 Å². The highest BCUT2D eigenvalue weighted by molar-refractivity contribution is 8.01. The lowest BCUT2D eigenvalue weighted by Crippen LogP contribution is -2.13. The Balaban J connectivity index is 1.20. The Morgan fingerprint density at radius 2 is 1.79 bits per heavy atom. The highest BCUT2D eigenvalue weighted by Gasteiger charge is 2.13. The first-order valence-corrected chi connectivity index (χ1v) is 11.9. The molecule has 4 rings (SSSR count). The standard InChI is InChI=1S/C21H17ClN6O3S2/c22-14-6-8-15(9-7-14)23-17(30)12-32-21-27-26-20(33-21)24-16(29)10-11-18-25-19(28-31-18)13-4-2-1-3-5-13/h1-9H,10-12H2,(H,23,30)(H,24,26,29). The lowest BCUT2D eigenvalue weighted by molar-refractivity contribution is -0.116. The summed E-state index contributed by atoms with van der Waals surface area (Å²) in [5, 5.41) is 18.3. The molecule has 0 fully saturated rings. The van der Waals surface area contributed by atoms with E-state index in [0.717, 1.165) is 5.56 Å². The number of carbonyl (C=O) groups is 2. The molecule has 2 N–H and O–H groups in total. The van der Waals surface area contributed by atoms with Crippen molar-refractivity contribution in [2.75, 3.05) is 16.4 Å². The first kappa shape index (κ1) is 22.9. The maximum absolute atomic E-state index is 12.2. The van der Waals surface area contributed by atoms with E-state index in [9.17, 15) is 9.59 Å². The van der Waals surface area contributed by atoms with Crippen LogP contribution in [0.1, 0.15) is 12.3 Å². The van der Waals surface area contributed by atoms with Gasteiger partial charge in [0, 0.05) is 29.1 Å². The first-order chi connectivity index (χ1) is 16.0. The summed E-state index contributed by atoms with van der Waals surface area (Å²) in [5.41, 5.74) is 1.50.